The third-order valence-electron chi connectivity index (χ3n) is 4.65. The van der Waals surface area contributed by atoms with Crippen molar-refractivity contribution in [1.29, 1.82) is 0 Å². The van der Waals surface area contributed by atoms with E-state index in [0.29, 0.717) is 19.5 Å². The number of benzene rings is 1. The highest BCUT2D eigenvalue weighted by atomic mass is 16.2. The second-order valence-corrected chi connectivity index (χ2v) is 6.60. The van der Waals surface area contributed by atoms with Crippen LogP contribution in [0.15, 0.2) is 24.3 Å². The summed E-state index contributed by atoms with van der Waals surface area (Å²) in [5, 5.41) is 5.71. The smallest absolute Gasteiger partial charge is 0.221 e. The SMILES string of the molecule is CC(=O)Nc1ccc(CNC(=O)CC2(CN)CCCCC2)cc1. The number of nitrogens with one attached hydrogen (secondary N) is 2. The minimum absolute atomic E-state index is 0.00238. The van der Waals surface area contributed by atoms with E-state index in [1.54, 1.807) is 0 Å². The van der Waals surface area contributed by atoms with Crippen molar-refractivity contribution in [3.8, 4) is 0 Å². The van der Waals surface area contributed by atoms with Crippen molar-refractivity contribution < 1.29 is 9.59 Å². The first-order valence-electron chi connectivity index (χ1n) is 8.36. The molecule has 1 fully saturated rings. The van der Waals surface area contributed by atoms with Gasteiger partial charge in [0.1, 0.15) is 0 Å². The van der Waals surface area contributed by atoms with E-state index in [9.17, 15) is 9.59 Å². The zero-order chi connectivity index (χ0) is 16.7. The molecular weight excluding hydrogens is 290 g/mol. The zero-order valence-corrected chi connectivity index (χ0v) is 13.9. The Morgan fingerprint density at radius 2 is 1.78 bits per heavy atom. The molecule has 1 aliphatic rings. The maximum atomic E-state index is 12.2. The van der Waals surface area contributed by atoms with Crippen LogP contribution in [0.5, 0.6) is 0 Å². The van der Waals surface area contributed by atoms with Gasteiger partial charge >= 0.3 is 0 Å². The molecule has 0 bridgehead atoms. The van der Waals surface area contributed by atoms with E-state index >= 15 is 0 Å². The van der Waals surface area contributed by atoms with Crippen molar-refractivity contribution in [2.24, 2.45) is 11.1 Å². The van der Waals surface area contributed by atoms with Crippen LogP contribution >= 0.6 is 0 Å². The van der Waals surface area contributed by atoms with Crippen LogP contribution in [0, 0.1) is 5.41 Å². The summed E-state index contributed by atoms with van der Waals surface area (Å²) in [5.74, 6) is -0.0195. The van der Waals surface area contributed by atoms with Crippen molar-refractivity contribution in [2.45, 2.75) is 52.0 Å². The Balaban J connectivity index is 1.82. The number of anilines is 1. The lowest BCUT2D eigenvalue weighted by Gasteiger charge is -2.35. The van der Waals surface area contributed by atoms with E-state index in [-0.39, 0.29) is 17.2 Å². The molecule has 0 heterocycles. The van der Waals surface area contributed by atoms with Gasteiger partial charge in [0.25, 0.3) is 0 Å². The molecule has 2 amide bonds. The minimum Gasteiger partial charge on any atom is -0.352 e. The molecule has 1 aliphatic carbocycles. The third kappa shape index (κ3) is 5.36. The highest BCUT2D eigenvalue weighted by molar-refractivity contribution is 5.88. The van der Waals surface area contributed by atoms with Gasteiger partial charge in [-0.3, -0.25) is 9.59 Å². The zero-order valence-electron chi connectivity index (χ0n) is 13.9. The number of rotatable bonds is 6. The Bertz CT molecular complexity index is 534. The highest BCUT2D eigenvalue weighted by Gasteiger charge is 2.32. The van der Waals surface area contributed by atoms with Gasteiger partial charge in [-0.2, -0.15) is 0 Å². The summed E-state index contributed by atoms with van der Waals surface area (Å²) in [6.45, 7) is 2.57. The standard InChI is InChI=1S/C18H27N3O2/c1-14(22)21-16-7-5-15(6-8-16)12-20-17(23)11-18(13-19)9-3-2-4-10-18/h5-8H,2-4,9-13,19H2,1H3,(H,20,23)(H,21,22). The second kappa shape index (κ2) is 8.11. The lowest BCUT2D eigenvalue weighted by Crippen LogP contribution is -2.38. The highest BCUT2D eigenvalue weighted by Crippen LogP contribution is 2.38. The molecular formula is C18H27N3O2. The van der Waals surface area contributed by atoms with Gasteiger partial charge in [-0.1, -0.05) is 31.4 Å². The van der Waals surface area contributed by atoms with Gasteiger partial charge < -0.3 is 16.4 Å². The Morgan fingerprint density at radius 3 is 2.35 bits per heavy atom. The van der Waals surface area contributed by atoms with Crippen LogP contribution in [0.3, 0.4) is 0 Å². The largest absolute Gasteiger partial charge is 0.352 e. The molecule has 0 spiro atoms. The molecule has 1 aromatic rings. The molecule has 0 atom stereocenters. The van der Waals surface area contributed by atoms with E-state index < -0.39 is 0 Å². The number of amides is 2. The predicted molar refractivity (Wildman–Crippen MR) is 91.8 cm³/mol. The van der Waals surface area contributed by atoms with Crippen LogP contribution in [-0.4, -0.2) is 18.4 Å². The van der Waals surface area contributed by atoms with Crippen molar-refractivity contribution in [3.05, 3.63) is 29.8 Å². The van der Waals surface area contributed by atoms with Gasteiger partial charge in [0.05, 0.1) is 0 Å². The first-order valence-corrected chi connectivity index (χ1v) is 8.36. The van der Waals surface area contributed by atoms with E-state index in [1.165, 1.54) is 26.2 Å². The normalized spacial score (nSPS) is 16.6. The van der Waals surface area contributed by atoms with Gasteiger partial charge in [0.15, 0.2) is 0 Å². The summed E-state index contributed by atoms with van der Waals surface area (Å²) < 4.78 is 0. The second-order valence-electron chi connectivity index (χ2n) is 6.60. The Kier molecular flexibility index (Phi) is 6.16. The molecule has 0 aliphatic heterocycles. The number of carbonyl (C=O) groups excluding carboxylic acids is 2. The average molecular weight is 317 g/mol. The van der Waals surface area contributed by atoms with Gasteiger partial charge in [-0.15, -0.1) is 0 Å². The topological polar surface area (TPSA) is 84.2 Å². The van der Waals surface area contributed by atoms with Gasteiger partial charge in [0.2, 0.25) is 11.8 Å². The van der Waals surface area contributed by atoms with Gasteiger partial charge in [-0.25, -0.2) is 0 Å². The van der Waals surface area contributed by atoms with Crippen molar-refractivity contribution >= 4 is 17.5 Å². The van der Waals surface area contributed by atoms with E-state index in [1.807, 2.05) is 24.3 Å². The number of carbonyl (C=O) groups is 2. The summed E-state index contributed by atoms with van der Waals surface area (Å²) in [7, 11) is 0. The van der Waals surface area contributed by atoms with Gasteiger partial charge in [-0.05, 0) is 42.5 Å². The third-order valence-corrected chi connectivity index (χ3v) is 4.65. The maximum absolute atomic E-state index is 12.2. The molecule has 0 aromatic heterocycles. The lowest BCUT2D eigenvalue weighted by molar-refractivity contribution is -0.124. The summed E-state index contributed by atoms with van der Waals surface area (Å²) >= 11 is 0. The first-order chi connectivity index (χ1) is 11.0. The fraction of sp³-hybridized carbons (Fsp3) is 0.556. The number of hydrogen-bond donors (Lipinski definition) is 3. The van der Waals surface area contributed by atoms with Crippen LogP contribution in [0.2, 0.25) is 0 Å². The molecule has 0 radical (unpaired) electrons. The monoisotopic (exact) mass is 317 g/mol. The molecule has 2 rings (SSSR count). The predicted octanol–water partition coefficient (Wildman–Crippen LogP) is 2.56. The number of nitrogens with two attached hydrogens (primary N) is 1. The molecule has 1 saturated carbocycles. The fourth-order valence-corrected chi connectivity index (χ4v) is 3.27. The maximum Gasteiger partial charge on any atom is 0.221 e. The van der Waals surface area contributed by atoms with Gasteiger partial charge in [0, 0.05) is 25.6 Å². The Morgan fingerprint density at radius 1 is 1.13 bits per heavy atom. The average Bonchev–Trinajstić information content (AvgIpc) is 2.54. The summed E-state index contributed by atoms with van der Waals surface area (Å²) in [6.07, 6.45) is 6.24. The van der Waals surface area contributed by atoms with Crippen LogP contribution in [0.25, 0.3) is 0 Å². The molecule has 126 valence electrons. The van der Waals surface area contributed by atoms with Crippen molar-refractivity contribution in [2.75, 3.05) is 11.9 Å². The molecule has 0 unspecified atom stereocenters. The van der Waals surface area contributed by atoms with Crippen LogP contribution in [-0.2, 0) is 16.1 Å². The molecule has 1 aromatic carbocycles. The van der Waals surface area contributed by atoms with Crippen LogP contribution in [0.4, 0.5) is 5.69 Å². The van der Waals surface area contributed by atoms with Crippen LogP contribution in [0.1, 0.15) is 51.0 Å². The molecule has 4 N–H and O–H groups in total. The van der Waals surface area contributed by atoms with E-state index in [0.717, 1.165) is 24.1 Å². The molecule has 5 nitrogen and oxygen atoms in total. The first kappa shape index (κ1) is 17.5. The molecule has 0 saturated heterocycles. The number of hydrogen-bond acceptors (Lipinski definition) is 3. The van der Waals surface area contributed by atoms with Crippen molar-refractivity contribution in [3.63, 3.8) is 0 Å². The van der Waals surface area contributed by atoms with E-state index in [4.69, 9.17) is 5.73 Å². The quantitative estimate of drug-likeness (QED) is 0.754. The lowest BCUT2D eigenvalue weighted by atomic mass is 9.71. The summed E-state index contributed by atoms with van der Waals surface area (Å²) in [4.78, 5) is 23.2. The molecule has 5 heteroatoms. The Hall–Kier alpha value is -1.88. The Labute approximate surface area is 138 Å². The van der Waals surface area contributed by atoms with Crippen molar-refractivity contribution in [1.82, 2.24) is 5.32 Å². The summed E-state index contributed by atoms with van der Waals surface area (Å²) in [6, 6.07) is 7.49. The summed E-state index contributed by atoms with van der Waals surface area (Å²) in [5.41, 5.74) is 7.71. The van der Waals surface area contributed by atoms with E-state index in [2.05, 4.69) is 10.6 Å². The minimum atomic E-state index is -0.0920. The molecule has 23 heavy (non-hydrogen) atoms. The fourth-order valence-electron chi connectivity index (χ4n) is 3.27. The van der Waals surface area contributed by atoms with Crippen LogP contribution < -0.4 is 16.4 Å².